The van der Waals surface area contributed by atoms with Gasteiger partial charge in [0.15, 0.2) is 0 Å². The van der Waals surface area contributed by atoms with Crippen LogP contribution in [0.3, 0.4) is 0 Å². The van der Waals surface area contributed by atoms with Gasteiger partial charge < -0.3 is 5.32 Å². The summed E-state index contributed by atoms with van der Waals surface area (Å²) in [7, 11) is 0. The fourth-order valence-electron chi connectivity index (χ4n) is 1.54. The minimum Gasteiger partial charge on any atom is -0.367 e. The van der Waals surface area contributed by atoms with Gasteiger partial charge in [-0.25, -0.2) is 4.98 Å². The molecule has 0 bridgehead atoms. The normalized spacial score (nSPS) is 10.4. The van der Waals surface area contributed by atoms with Crippen molar-refractivity contribution in [3.63, 3.8) is 0 Å². The summed E-state index contributed by atoms with van der Waals surface area (Å²) in [5.74, 6) is 0.742. The second-order valence-corrected chi connectivity index (χ2v) is 3.86. The van der Waals surface area contributed by atoms with Crippen molar-refractivity contribution in [2.75, 3.05) is 5.32 Å². The molecular weight excluding hydrogens is 200 g/mol. The Balaban J connectivity index is 2.65. The van der Waals surface area contributed by atoms with Crippen LogP contribution in [0.15, 0.2) is 24.5 Å². The lowest BCUT2D eigenvalue weighted by Crippen LogP contribution is -2.11. The average molecular weight is 212 g/mol. The van der Waals surface area contributed by atoms with Crippen LogP contribution in [-0.4, -0.2) is 16.0 Å². The summed E-state index contributed by atoms with van der Waals surface area (Å²) in [4.78, 5) is 8.30. The fraction of sp³-hybridized carbons (Fsp3) is 0.250. The summed E-state index contributed by atoms with van der Waals surface area (Å²) < 4.78 is 0. The maximum atomic E-state index is 8.89. The van der Waals surface area contributed by atoms with Crippen molar-refractivity contribution in [1.29, 1.82) is 5.26 Å². The van der Waals surface area contributed by atoms with E-state index in [9.17, 15) is 0 Å². The summed E-state index contributed by atoms with van der Waals surface area (Å²) >= 11 is 0. The second-order valence-electron chi connectivity index (χ2n) is 3.86. The SMILES string of the molecule is CC(C)Nc1nc(C#N)cc2cnccc12. The van der Waals surface area contributed by atoms with Crippen molar-refractivity contribution in [3.8, 4) is 6.07 Å². The number of fused-ring (bicyclic) bond motifs is 1. The van der Waals surface area contributed by atoms with Crippen LogP contribution in [0, 0.1) is 11.3 Å². The molecule has 0 spiro atoms. The van der Waals surface area contributed by atoms with E-state index in [1.807, 2.05) is 19.9 Å². The molecule has 4 heteroatoms. The summed E-state index contributed by atoms with van der Waals surface area (Å²) in [6.45, 7) is 4.07. The predicted molar refractivity (Wildman–Crippen MR) is 63.0 cm³/mol. The Bertz CT molecular complexity index is 554. The lowest BCUT2D eigenvalue weighted by Gasteiger charge is -2.11. The van der Waals surface area contributed by atoms with Gasteiger partial charge in [-0.15, -0.1) is 0 Å². The summed E-state index contributed by atoms with van der Waals surface area (Å²) in [5.41, 5.74) is 0.406. The van der Waals surface area contributed by atoms with Crippen molar-refractivity contribution in [1.82, 2.24) is 9.97 Å². The molecule has 80 valence electrons. The van der Waals surface area contributed by atoms with E-state index in [0.717, 1.165) is 16.6 Å². The molecule has 0 amide bonds. The van der Waals surface area contributed by atoms with Gasteiger partial charge in [-0.3, -0.25) is 4.98 Å². The Morgan fingerprint density at radius 3 is 2.94 bits per heavy atom. The minimum absolute atomic E-state index is 0.276. The number of nitriles is 1. The molecule has 2 rings (SSSR count). The molecule has 0 aliphatic carbocycles. The van der Waals surface area contributed by atoms with Crippen molar-refractivity contribution in [3.05, 3.63) is 30.2 Å². The van der Waals surface area contributed by atoms with Gasteiger partial charge in [0.1, 0.15) is 17.6 Å². The maximum absolute atomic E-state index is 8.89. The van der Waals surface area contributed by atoms with Crippen LogP contribution in [0.2, 0.25) is 0 Å². The van der Waals surface area contributed by atoms with Crippen LogP contribution >= 0.6 is 0 Å². The molecule has 4 nitrogen and oxygen atoms in total. The number of nitrogens with one attached hydrogen (secondary N) is 1. The molecule has 2 aromatic heterocycles. The van der Waals surface area contributed by atoms with E-state index in [4.69, 9.17) is 5.26 Å². The van der Waals surface area contributed by atoms with E-state index >= 15 is 0 Å². The van der Waals surface area contributed by atoms with Crippen LogP contribution < -0.4 is 5.32 Å². The van der Waals surface area contributed by atoms with E-state index < -0.39 is 0 Å². The summed E-state index contributed by atoms with van der Waals surface area (Å²) in [5, 5.41) is 14.0. The molecule has 0 radical (unpaired) electrons. The monoisotopic (exact) mass is 212 g/mol. The Morgan fingerprint density at radius 1 is 1.44 bits per heavy atom. The molecule has 0 saturated carbocycles. The third kappa shape index (κ3) is 1.94. The van der Waals surface area contributed by atoms with Gasteiger partial charge in [0.2, 0.25) is 0 Å². The summed E-state index contributed by atoms with van der Waals surface area (Å²) in [6, 6.07) is 5.97. The highest BCUT2D eigenvalue weighted by atomic mass is 15.0. The zero-order valence-corrected chi connectivity index (χ0v) is 9.23. The van der Waals surface area contributed by atoms with Crippen molar-refractivity contribution in [2.24, 2.45) is 0 Å². The van der Waals surface area contributed by atoms with Gasteiger partial charge in [0.25, 0.3) is 0 Å². The number of rotatable bonds is 2. The van der Waals surface area contributed by atoms with Crippen LogP contribution in [-0.2, 0) is 0 Å². The van der Waals surface area contributed by atoms with Crippen LogP contribution in [0.25, 0.3) is 10.8 Å². The van der Waals surface area contributed by atoms with E-state index in [1.54, 1.807) is 18.5 Å². The molecule has 0 aliphatic heterocycles. The van der Waals surface area contributed by atoms with E-state index in [2.05, 4.69) is 21.4 Å². The number of pyridine rings is 2. The van der Waals surface area contributed by atoms with E-state index in [-0.39, 0.29) is 6.04 Å². The van der Waals surface area contributed by atoms with Crippen molar-refractivity contribution in [2.45, 2.75) is 19.9 Å². The molecule has 2 heterocycles. The fourth-order valence-corrected chi connectivity index (χ4v) is 1.54. The highest BCUT2D eigenvalue weighted by molar-refractivity contribution is 5.91. The molecule has 0 fully saturated rings. The molecule has 2 aromatic rings. The molecular formula is C12H12N4. The van der Waals surface area contributed by atoms with Crippen molar-refractivity contribution >= 4 is 16.6 Å². The van der Waals surface area contributed by atoms with Gasteiger partial charge in [-0.05, 0) is 26.0 Å². The predicted octanol–water partition coefficient (Wildman–Crippen LogP) is 2.32. The van der Waals surface area contributed by atoms with Gasteiger partial charge >= 0.3 is 0 Å². The first kappa shape index (κ1) is 10.4. The Morgan fingerprint density at radius 2 is 2.25 bits per heavy atom. The maximum Gasteiger partial charge on any atom is 0.143 e. The van der Waals surface area contributed by atoms with Crippen LogP contribution in [0.4, 0.5) is 5.82 Å². The Labute approximate surface area is 94.0 Å². The lowest BCUT2D eigenvalue weighted by molar-refractivity contribution is 0.891. The average Bonchev–Trinajstić information content (AvgIpc) is 2.28. The highest BCUT2D eigenvalue weighted by Crippen LogP contribution is 2.21. The zero-order chi connectivity index (χ0) is 11.5. The van der Waals surface area contributed by atoms with Crippen LogP contribution in [0.1, 0.15) is 19.5 Å². The highest BCUT2D eigenvalue weighted by Gasteiger charge is 2.06. The largest absolute Gasteiger partial charge is 0.367 e. The second kappa shape index (κ2) is 4.15. The van der Waals surface area contributed by atoms with Gasteiger partial charge in [0, 0.05) is 29.2 Å². The minimum atomic E-state index is 0.276. The topological polar surface area (TPSA) is 61.6 Å². The quantitative estimate of drug-likeness (QED) is 0.829. The van der Waals surface area contributed by atoms with E-state index in [1.165, 1.54) is 0 Å². The molecule has 1 N–H and O–H groups in total. The Kier molecular flexibility index (Phi) is 2.69. The Hall–Kier alpha value is -2.15. The van der Waals surface area contributed by atoms with Gasteiger partial charge in [0.05, 0.1) is 0 Å². The first-order chi connectivity index (χ1) is 7.70. The smallest absolute Gasteiger partial charge is 0.143 e. The lowest BCUT2D eigenvalue weighted by atomic mass is 10.2. The molecule has 0 atom stereocenters. The van der Waals surface area contributed by atoms with Gasteiger partial charge in [-0.1, -0.05) is 0 Å². The third-order valence-electron chi connectivity index (χ3n) is 2.17. The number of hydrogen-bond donors (Lipinski definition) is 1. The molecule has 0 saturated heterocycles. The van der Waals surface area contributed by atoms with Gasteiger partial charge in [-0.2, -0.15) is 5.26 Å². The van der Waals surface area contributed by atoms with Crippen molar-refractivity contribution < 1.29 is 0 Å². The third-order valence-corrected chi connectivity index (χ3v) is 2.17. The molecule has 0 aliphatic rings. The number of nitrogens with zero attached hydrogens (tertiary/aromatic N) is 3. The van der Waals surface area contributed by atoms with Crippen LogP contribution in [0.5, 0.6) is 0 Å². The molecule has 16 heavy (non-hydrogen) atoms. The summed E-state index contributed by atoms with van der Waals surface area (Å²) in [6.07, 6.45) is 3.46. The number of aromatic nitrogens is 2. The number of hydrogen-bond acceptors (Lipinski definition) is 4. The zero-order valence-electron chi connectivity index (χ0n) is 9.23. The number of anilines is 1. The molecule has 0 unspecified atom stereocenters. The standard InChI is InChI=1S/C12H12N4/c1-8(2)15-12-11-3-4-14-7-9(11)5-10(6-13)16-12/h3-5,7-8H,1-2H3,(H,15,16). The first-order valence-electron chi connectivity index (χ1n) is 5.12. The first-order valence-corrected chi connectivity index (χ1v) is 5.12. The molecule has 0 aromatic carbocycles. The van der Waals surface area contributed by atoms with E-state index in [0.29, 0.717) is 5.69 Å².